The topological polar surface area (TPSA) is 26.0 Å². The summed E-state index contributed by atoms with van der Waals surface area (Å²) in [6.07, 6.45) is -0.477. The molecule has 0 amide bonds. The van der Waals surface area contributed by atoms with Crippen LogP contribution in [0.1, 0.15) is 11.1 Å². The van der Waals surface area contributed by atoms with Gasteiger partial charge in [-0.3, -0.25) is 0 Å². The van der Waals surface area contributed by atoms with Gasteiger partial charge in [0.1, 0.15) is 6.17 Å². The molecule has 13 heavy (non-hydrogen) atoms. The van der Waals surface area contributed by atoms with E-state index in [1.54, 1.807) is 0 Å². The van der Waals surface area contributed by atoms with Gasteiger partial charge in [0.05, 0.1) is 0 Å². The zero-order valence-electron chi connectivity index (χ0n) is 7.66. The highest BCUT2D eigenvalue weighted by molar-refractivity contribution is 5.85. The van der Waals surface area contributed by atoms with Crippen LogP contribution >= 0.6 is 12.4 Å². The normalized spacial score (nSPS) is 11.9. The van der Waals surface area contributed by atoms with Crippen molar-refractivity contribution in [2.45, 2.75) is 19.5 Å². The third kappa shape index (κ3) is 3.75. The van der Waals surface area contributed by atoms with E-state index in [9.17, 15) is 4.39 Å². The summed E-state index contributed by atoms with van der Waals surface area (Å²) in [7, 11) is 0. The maximum Gasteiger partial charge on any atom is 0.116 e. The van der Waals surface area contributed by atoms with E-state index in [4.69, 9.17) is 5.73 Å². The Morgan fingerprint density at radius 2 is 2.00 bits per heavy atom. The van der Waals surface area contributed by atoms with Crippen LogP contribution in [0.5, 0.6) is 0 Å². The summed E-state index contributed by atoms with van der Waals surface area (Å²) in [6, 6.07) is 7.80. The number of aryl methyl sites for hydroxylation is 1. The number of rotatable bonds is 3. The van der Waals surface area contributed by atoms with Crippen LogP contribution in [0, 0.1) is 6.92 Å². The molecule has 1 unspecified atom stereocenters. The van der Waals surface area contributed by atoms with Gasteiger partial charge in [0.25, 0.3) is 0 Å². The summed E-state index contributed by atoms with van der Waals surface area (Å²) in [5.74, 6) is 0. The van der Waals surface area contributed by atoms with Crippen LogP contribution in [0.25, 0.3) is 0 Å². The lowest BCUT2D eigenvalue weighted by atomic mass is 10.0. The van der Waals surface area contributed by atoms with Gasteiger partial charge >= 0.3 is 0 Å². The first-order valence-electron chi connectivity index (χ1n) is 4.12. The first kappa shape index (κ1) is 12.4. The number of benzene rings is 1. The number of nitrogens with two attached hydrogens (primary N) is 1. The van der Waals surface area contributed by atoms with Gasteiger partial charge in [-0.1, -0.05) is 24.3 Å². The third-order valence-electron chi connectivity index (χ3n) is 1.96. The average Bonchev–Trinajstić information content (AvgIpc) is 2.09. The van der Waals surface area contributed by atoms with Gasteiger partial charge < -0.3 is 5.73 Å². The number of alkyl halides is 1. The molecule has 1 aromatic rings. The fourth-order valence-corrected chi connectivity index (χ4v) is 1.16. The highest BCUT2D eigenvalue weighted by Crippen LogP contribution is 2.10. The summed E-state index contributed by atoms with van der Waals surface area (Å²) < 4.78 is 12.9. The maximum absolute atomic E-state index is 12.9. The van der Waals surface area contributed by atoms with Crippen LogP contribution in [-0.2, 0) is 6.42 Å². The molecule has 1 rings (SSSR count). The second-order valence-electron chi connectivity index (χ2n) is 2.96. The molecule has 0 spiro atoms. The molecule has 74 valence electrons. The molecule has 1 nitrogen and oxygen atoms in total. The fourth-order valence-electron chi connectivity index (χ4n) is 1.16. The van der Waals surface area contributed by atoms with Crippen LogP contribution in [0.3, 0.4) is 0 Å². The van der Waals surface area contributed by atoms with Crippen molar-refractivity contribution in [2.24, 2.45) is 5.73 Å². The maximum atomic E-state index is 12.9. The molecule has 0 fully saturated rings. The van der Waals surface area contributed by atoms with Crippen molar-refractivity contribution in [1.29, 1.82) is 0 Å². The van der Waals surface area contributed by atoms with E-state index in [0.29, 0.717) is 6.42 Å². The smallest absolute Gasteiger partial charge is 0.116 e. The molecular weight excluding hydrogens is 189 g/mol. The highest BCUT2D eigenvalue weighted by Gasteiger charge is 2.05. The standard InChI is InChI=1S/C10H14FN.ClH/c1-8-4-2-3-5-9(8)6-10(11)7-12;/h2-5,10H,6-7,12H2,1H3;1H. The van der Waals surface area contributed by atoms with E-state index in [-0.39, 0.29) is 19.0 Å². The van der Waals surface area contributed by atoms with Gasteiger partial charge in [-0.2, -0.15) is 0 Å². The number of hydrogen-bond donors (Lipinski definition) is 1. The molecule has 0 aliphatic carbocycles. The van der Waals surface area contributed by atoms with Gasteiger partial charge in [0, 0.05) is 13.0 Å². The summed E-state index contributed by atoms with van der Waals surface area (Å²) in [5.41, 5.74) is 7.38. The summed E-state index contributed by atoms with van der Waals surface area (Å²) >= 11 is 0. The molecule has 0 aromatic heterocycles. The Kier molecular flexibility index (Phi) is 5.67. The second kappa shape index (κ2) is 5.95. The summed E-state index contributed by atoms with van der Waals surface area (Å²) in [5, 5.41) is 0. The van der Waals surface area contributed by atoms with Gasteiger partial charge in [0.2, 0.25) is 0 Å². The van der Waals surface area contributed by atoms with E-state index in [1.165, 1.54) is 0 Å². The first-order valence-corrected chi connectivity index (χ1v) is 4.12. The highest BCUT2D eigenvalue weighted by atomic mass is 35.5. The summed E-state index contributed by atoms with van der Waals surface area (Å²) in [6.45, 7) is 2.09. The Morgan fingerprint density at radius 3 is 2.54 bits per heavy atom. The van der Waals surface area contributed by atoms with Gasteiger partial charge in [-0.15, -0.1) is 12.4 Å². The van der Waals surface area contributed by atoms with Gasteiger partial charge in [0.15, 0.2) is 0 Å². The van der Waals surface area contributed by atoms with Gasteiger partial charge in [-0.05, 0) is 18.1 Å². The van der Waals surface area contributed by atoms with Crippen LogP contribution in [-0.4, -0.2) is 12.7 Å². The molecule has 2 N–H and O–H groups in total. The van der Waals surface area contributed by atoms with Crippen molar-refractivity contribution in [3.63, 3.8) is 0 Å². The van der Waals surface area contributed by atoms with Crippen LogP contribution < -0.4 is 5.73 Å². The van der Waals surface area contributed by atoms with Crippen molar-refractivity contribution in [3.05, 3.63) is 35.4 Å². The summed E-state index contributed by atoms with van der Waals surface area (Å²) in [4.78, 5) is 0. The molecular formula is C10H15ClFN. The predicted molar refractivity (Wildman–Crippen MR) is 56.1 cm³/mol. The van der Waals surface area contributed by atoms with Crippen molar-refractivity contribution in [1.82, 2.24) is 0 Å². The third-order valence-corrected chi connectivity index (χ3v) is 1.96. The van der Waals surface area contributed by atoms with Crippen LogP contribution in [0.2, 0.25) is 0 Å². The monoisotopic (exact) mass is 203 g/mol. The lowest BCUT2D eigenvalue weighted by Crippen LogP contribution is -2.17. The number of halogens is 2. The minimum atomic E-state index is -0.911. The van der Waals surface area contributed by atoms with Crippen molar-refractivity contribution < 1.29 is 4.39 Å². The lowest BCUT2D eigenvalue weighted by molar-refractivity contribution is 0.340. The predicted octanol–water partition coefficient (Wildman–Crippen LogP) is 2.26. The zero-order chi connectivity index (χ0) is 8.97. The molecule has 1 aromatic carbocycles. The van der Waals surface area contributed by atoms with Gasteiger partial charge in [-0.25, -0.2) is 4.39 Å². The fraction of sp³-hybridized carbons (Fsp3) is 0.400. The Balaban J connectivity index is 0.00000144. The van der Waals surface area contributed by atoms with E-state index in [1.807, 2.05) is 31.2 Å². The Labute approximate surface area is 84.5 Å². The Morgan fingerprint density at radius 1 is 1.38 bits per heavy atom. The molecule has 0 bridgehead atoms. The lowest BCUT2D eigenvalue weighted by Gasteiger charge is -2.07. The average molecular weight is 204 g/mol. The number of hydrogen-bond acceptors (Lipinski definition) is 1. The van der Waals surface area contributed by atoms with Crippen LogP contribution in [0.4, 0.5) is 4.39 Å². The zero-order valence-corrected chi connectivity index (χ0v) is 8.48. The molecule has 0 saturated heterocycles. The largest absolute Gasteiger partial charge is 0.328 e. The quantitative estimate of drug-likeness (QED) is 0.802. The van der Waals surface area contributed by atoms with Crippen molar-refractivity contribution in [2.75, 3.05) is 6.54 Å². The van der Waals surface area contributed by atoms with E-state index in [0.717, 1.165) is 11.1 Å². The Hall–Kier alpha value is -0.600. The van der Waals surface area contributed by atoms with Crippen molar-refractivity contribution in [3.8, 4) is 0 Å². The van der Waals surface area contributed by atoms with E-state index in [2.05, 4.69) is 0 Å². The molecule has 0 aliphatic rings. The minimum absolute atomic E-state index is 0. The second-order valence-corrected chi connectivity index (χ2v) is 2.96. The first-order chi connectivity index (χ1) is 5.74. The Bertz CT molecular complexity index is 252. The van der Waals surface area contributed by atoms with E-state index < -0.39 is 6.17 Å². The minimum Gasteiger partial charge on any atom is -0.328 e. The molecule has 3 heteroatoms. The molecule has 1 atom stereocenters. The SMILES string of the molecule is Cc1ccccc1CC(F)CN.Cl. The molecule has 0 saturated carbocycles. The molecule has 0 radical (unpaired) electrons. The van der Waals surface area contributed by atoms with Crippen LogP contribution in [0.15, 0.2) is 24.3 Å². The molecule has 0 heterocycles. The van der Waals surface area contributed by atoms with E-state index >= 15 is 0 Å². The molecule has 0 aliphatic heterocycles. The van der Waals surface area contributed by atoms with Crippen molar-refractivity contribution >= 4 is 12.4 Å².